The number of nitrogens with zero attached hydrogens (tertiary/aromatic N) is 2. The number of benzene rings is 2. The van der Waals surface area contributed by atoms with Gasteiger partial charge in [0.2, 0.25) is 0 Å². The number of aromatic amines is 1. The van der Waals surface area contributed by atoms with Gasteiger partial charge in [0.15, 0.2) is 0 Å². The predicted molar refractivity (Wildman–Crippen MR) is 88.8 cm³/mol. The fourth-order valence-electron chi connectivity index (χ4n) is 2.43. The summed E-state index contributed by atoms with van der Waals surface area (Å²) in [6.45, 7) is 0. The van der Waals surface area contributed by atoms with Crippen molar-refractivity contribution in [1.29, 1.82) is 0 Å². The van der Waals surface area contributed by atoms with Crippen LogP contribution in [0.25, 0.3) is 21.8 Å². The second-order valence-electron chi connectivity index (χ2n) is 4.93. The van der Waals surface area contributed by atoms with E-state index in [9.17, 15) is 4.39 Å². The van der Waals surface area contributed by atoms with Crippen molar-refractivity contribution in [3.05, 3.63) is 59.1 Å². The summed E-state index contributed by atoms with van der Waals surface area (Å²) in [6.07, 6.45) is 3.30. The van der Waals surface area contributed by atoms with Crippen molar-refractivity contribution in [2.75, 3.05) is 5.32 Å². The number of anilines is 2. The zero-order valence-electron chi connectivity index (χ0n) is 11.3. The molecule has 0 saturated heterocycles. The van der Waals surface area contributed by atoms with Gasteiger partial charge in [-0.15, -0.1) is 0 Å². The molecular formula is C16H10BrFN4. The average molecular weight is 357 g/mol. The summed E-state index contributed by atoms with van der Waals surface area (Å²) in [6, 6.07) is 10.8. The van der Waals surface area contributed by atoms with Crippen molar-refractivity contribution in [2.45, 2.75) is 0 Å². The highest BCUT2D eigenvalue weighted by molar-refractivity contribution is 9.10. The average Bonchev–Trinajstić information content (AvgIpc) is 2.95. The van der Waals surface area contributed by atoms with Gasteiger partial charge in [-0.05, 0) is 36.4 Å². The molecule has 0 bridgehead atoms. The molecule has 2 N–H and O–H groups in total. The molecule has 0 saturated carbocycles. The second kappa shape index (κ2) is 5.06. The van der Waals surface area contributed by atoms with Crippen LogP contribution >= 0.6 is 15.9 Å². The van der Waals surface area contributed by atoms with Crippen molar-refractivity contribution in [1.82, 2.24) is 15.2 Å². The number of nitrogens with one attached hydrogen (secondary N) is 2. The number of aromatic nitrogens is 3. The first-order valence-corrected chi connectivity index (χ1v) is 7.44. The minimum Gasteiger partial charge on any atom is -0.352 e. The zero-order valence-corrected chi connectivity index (χ0v) is 12.9. The van der Waals surface area contributed by atoms with Crippen LogP contribution in [-0.4, -0.2) is 15.2 Å². The molecule has 108 valence electrons. The van der Waals surface area contributed by atoms with Crippen LogP contribution in [0.4, 0.5) is 15.8 Å². The van der Waals surface area contributed by atoms with Gasteiger partial charge in [0.05, 0.1) is 22.9 Å². The molecule has 0 radical (unpaired) electrons. The smallest absolute Gasteiger partial charge is 0.147 e. The topological polar surface area (TPSA) is 53.6 Å². The summed E-state index contributed by atoms with van der Waals surface area (Å²) in [5, 5.41) is 11.6. The molecule has 0 fully saturated rings. The SMILES string of the molecule is Fc1cc2cn[nH]c2cc1Nc1ccnc2ccc(Br)cc12. The standard InChI is InChI=1S/C16H10BrFN4/c17-10-1-2-13-11(6-10)14(3-4-19-13)21-16-7-15-9(5-12(16)18)8-20-22-15/h1-8H,(H,19,21)(H,20,22). The fourth-order valence-corrected chi connectivity index (χ4v) is 2.79. The maximum absolute atomic E-state index is 14.2. The molecule has 4 aromatic rings. The molecule has 4 rings (SSSR count). The molecule has 0 aliphatic heterocycles. The van der Waals surface area contributed by atoms with E-state index >= 15 is 0 Å². The van der Waals surface area contributed by atoms with Gasteiger partial charge in [-0.1, -0.05) is 15.9 Å². The van der Waals surface area contributed by atoms with Crippen molar-refractivity contribution < 1.29 is 4.39 Å². The summed E-state index contributed by atoms with van der Waals surface area (Å²) in [5.41, 5.74) is 2.81. The van der Waals surface area contributed by atoms with Gasteiger partial charge in [-0.25, -0.2) is 4.39 Å². The highest BCUT2D eigenvalue weighted by Gasteiger charge is 2.09. The van der Waals surface area contributed by atoms with Gasteiger partial charge < -0.3 is 5.32 Å². The van der Waals surface area contributed by atoms with Gasteiger partial charge in [-0.2, -0.15) is 5.10 Å². The molecule has 0 atom stereocenters. The third kappa shape index (κ3) is 2.21. The Bertz CT molecular complexity index is 996. The van der Waals surface area contributed by atoms with Gasteiger partial charge in [-0.3, -0.25) is 10.1 Å². The maximum atomic E-state index is 14.2. The summed E-state index contributed by atoms with van der Waals surface area (Å²) < 4.78 is 15.2. The van der Waals surface area contributed by atoms with E-state index < -0.39 is 0 Å². The van der Waals surface area contributed by atoms with Crippen LogP contribution in [0.5, 0.6) is 0 Å². The lowest BCUT2D eigenvalue weighted by Crippen LogP contribution is -1.95. The van der Waals surface area contributed by atoms with E-state index in [2.05, 4.69) is 36.4 Å². The number of halogens is 2. The highest BCUT2D eigenvalue weighted by atomic mass is 79.9. The summed E-state index contributed by atoms with van der Waals surface area (Å²) in [5.74, 6) is -0.325. The summed E-state index contributed by atoms with van der Waals surface area (Å²) >= 11 is 3.45. The molecule has 0 aliphatic carbocycles. The second-order valence-corrected chi connectivity index (χ2v) is 5.85. The predicted octanol–water partition coefficient (Wildman–Crippen LogP) is 4.76. The van der Waals surface area contributed by atoms with Crippen LogP contribution in [0.3, 0.4) is 0 Å². The van der Waals surface area contributed by atoms with E-state index in [1.165, 1.54) is 6.07 Å². The molecule has 0 amide bonds. The largest absolute Gasteiger partial charge is 0.352 e. The Balaban J connectivity index is 1.85. The zero-order chi connectivity index (χ0) is 15.1. The molecule has 0 aliphatic rings. The van der Waals surface area contributed by atoms with E-state index in [0.717, 1.165) is 32.0 Å². The lowest BCUT2D eigenvalue weighted by atomic mass is 10.1. The lowest BCUT2D eigenvalue weighted by molar-refractivity contribution is 0.634. The Hall–Kier alpha value is -2.47. The first-order chi connectivity index (χ1) is 10.7. The quantitative estimate of drug-likeness (QED) is 0.544. The number of hydrogen-bond acceptors (Lipinski definition) is 3. The van der Waals surface area contributed by atoms with Crippen molar-refractivity contribution in [3.8, 4) is 0 Å². The first kappa shape index (κ1) is 13.2. The summed E-state index contributed by atoms with van der Waals surface area (Å²) in [4.78, 5) is 4.32. The molecule has 2 aromatic heterocycles. The van der Waals surface area contributed by atoms with Gasteiger partial charge >= 0.3 is 0 Å². The normalized spacial score (nSPS) is 11.2. The van der Waals surface area contributed by atoms with E-state index in [0.29, 0.717) is 5.69 Å². The Kier molecular flexibility index (Phi) is 3.04. The van der Waals surface area contributed by atoms with Crippen LogP contribution in [-0.2, 0) is 0 Å². The van der Waals surface area contributed by atoms with Crippen molar-refractivity contribution in [3.63, 3.8) is 0 Å². The van der Waals surface area contributed by atoms with Crippen molar-refractivity contribution in [2.24, 2.45) is 0 Å². The van der Waals surface area contributed by atoms with Gasteiger partial charge in [0.25, 0.3) is 0 Å². The van der Waals surface area contributed by atoms with E-state index in [1.807, 2.05) is 24.3 Å². The van der Waals surface area contributed by atoms with Gasteiger partial charge in [0, 0.05) is 27.1 Å². The van der Waals surface area contributed by atoms with Crippen LogP contribution in [0.15, 0.2) is 53.3 Å². The molecule has 0 spiro atoms. The van der Waals surface area contributed by atoms with Crippen LogP contribution < -0.4 is 5.32 Å². The van der Waals surface area contributed by atoms with Crippen LogP contribution in [0.1, 0.15) is 0 Å². The number of pyridine rings is 1. The third-order valence-corrected chi connectivity index (χ3v) is 3.99. The number of hydrogen-bond donors (Lipinski definition) is 2. The Morgan fingerprint density at radius 2 is 2.00 bits per heavy atom. The van der Waals surface area contributed by atoms with Gasteiger partial charge in [0.1, 0.15) is 5.82 Å². The molecule has 22 heavy (non-hydrogen) atoms. The number of rotatable bonds is 2. The molecular weight excluding hydrogens is 347 g/mol. The summed E-state index contributed by atoms with van der Waals surface area (Å²) in [7, 11) is 0. The van der Waals surface area contributed by atoms with E-state index in [4.69, 9.17) is 0 Å². The van der Waals surface area contributed by atoms with Crippen LogP contribution in [0, 0.1) is 5.82 Å². The Labute approximate surface area is 133 Å². The first-order valence-electron chi connectivity index (χ1n) is 6.64. The minimum atomic E-state index is -0.325. The maximum Gasteiger partial charge on any atom is 0.147 e. The fraction of sp³-hybridized carbons (Fsp3) is 0. The number of H-pyrrole nitrogens is 1. The lowest BCUT2D eigenvalue weighted by Gasteiger charge is -2.10. The molecule has 6 heteroatoms. The molecule has 0 unspecified atom stereocenters. The van der Waals surface area contributed by atoms with E-state index in [-0.39, 0.29) is 5.82 Å². The Morgan fingerprint density at radius 1 is 1.09 bits per heavy atom. The molecule has 2 aromatic carbocycles. The Morgan fingerprint density at radius 3 is 2.91 bits per heavy atom. The van der Waals surface area contributed by atoms with Crippen molar-refractivity contribution >= 4 is 49.1 Å². The number of fused-ring (bicyclic) bond motifs is 2. The highest BCUT2D eigenvalue weighted by Crippen LogP contribution is 2.30. The molecule has 4 nitrogen and oxygen atoms in total. The minimum absolute atomic E-state index is 0.325. The third-order valence-electron chi connectivity index (χ3n) is 3.50. The monoisotopic (exact) mass is 356 g/mol. The molecule has 2 heterocycles. The van der Waals surface area contributed by atoms with Crippen LogP contribution in [0.2, 0.25) is 0 Å². The van der Waals surface area contributed by atoms with E-state index in [1.54, 1.807) is 18.5 Å².